The summed E-state index contributed by atoms with van der Waals surface area (Å²) in [5, 5.41) is 4.94. The van der Waals surface area contributed by atoms with Crippen molar-refractivity contribution >= 4 is 16.7 Å². The lowest BCUT2D eigenvalue weighted by Crippen LogP contribution is -2.23. The Bertz CT molecular complexity index is 792. The molecule has 0 saturated carbocycles. The monoisotopic (exact) mass is 292 g/mol. The molecule has 1 heterocycles. The third-order valence-corrected chi connectivity index (χ3v) is 3.49. The molecule has 110 valence electrons. The molecule has 0 aliphatic heterocycles. The van der Waals surface area contributed by atoms with Crippen molar-refractivity contribution in [1.82, 2.24) is 10.3 Å². The lowest BCUT2D eigenvalue weighted by Gasteiger charge is -2.08. The van der Waals surface area contributed by atoms with Gasteiger partial charge in [0.15, 0.2) is 0 Å². The van der Waals surface area contributed by atoms with E-state index in [1.807, 2.05) is 48.5 Å². The maximum Gasteiger partial charge on any atom is 0.252 e. The van der Waals surface area contributed by atoms with E-state index in [0.29, 0.717) is 18.0 Å². The fraction of sp³-hybridized carbons (Fsp3) is 0.111. The highest BCUT2D eigenvalue weighted by molar-refractivity contribution is 6.06. The van der Waals surface area contributed by atoms with E-state index >= 15 is 0 Å². The Labute approximate surface area is 128 Å². The molecule has 1 aromatic heterocycles. The number of pyridine rings is 1. The molecule has 0 atom stereocenters. The molecular weight excluding hydrogens is 276 g/mol. The van der Waals surface area contributed by atoms with Crippen molar-refractivity contribution in [3.05, 3.63) is 71.9 Å². The zero-order valence-corrected chi connectivity index (χ0v) is 12.2. The minimum absolute atomic E-state index is 0.0902. The van der Waals surface area contributed by atoms with Crippen molar-refractivity contribution in [2.45, 2.75) is 6.54 Å². The van der Waals surface area contributed by atoms with E-state index in [0.717, 1.165) is 16.3 Å². The molecule has 22 heavy (non-hydrogen) atoms. The summed E-state index contributed by atoms with van der Waals surface area (Å²) in [5.41, 5.74) is 1.61. The number of nitrogens with one attached hydrogen (secondary N) is 1. The largest absolute Gasteiger partial charge is 0.481 e. The summed E-state index contributed by atoms with van der Waals surface area (Å²) < 4.78 is 5.01. The van der Waals surface area contributed by atoms with E-state index in [1.165, 1.54) is 0 Å². The number of hydrogen-bond donors (Lipinski definition) is 1. The first-order valence-electron chi connectivity index (χ1n) is 7.03. The molecule has 0 spiro atoms. The maximum atomic E-state index is 12.4. The highest BCUT2D eigenvalue weighted by Crippen LogP contribution is 2.18. The first-order chi connectivity index (χ1) is 10.8. The molecule has 0 radical (unpaired) electrons. The lowest BCUT2D eigenvalue weighted by molar-refractivity contribution is 0.0952. The predicted molar refractivity (Wildman–Crippen MR) is 85.9 cm³/mol. The van der Waals surface area contributed by atoms with Crippen molar-refractivity contribution in [3.8, 4) is 5.88 Å². The average molecular weight is 292 g/mol. The molecule has 0 fully saturated rings. The number of amides is 1. The van der Waals surface area contributed by atoms with Crippen LogP contribution in [0.15, 0.2) is 60.8 Å². The van der Waals surface area contributed by atoms with Crippen LogP contribution in [0.3, 0.4) is 0 Å². The topological polar surface area (TPSA) is 51.2 Å². The summed E-state index contributed by atoms with van der Waals surface area (Å²) in [6.07, 6.45) is 1.70. The number of hydrogen-bond acceptors (Lipinski definition) is 3. The number of methoxy groups -OCH3 is 1. The summed E-state index contributed by atoms with van der Waals surface area (Å²) >= 11 is 0. The second kappa shape index (κ2) is 6.26. The molecule has 1 amide bonds. The Morgan fingerprint density at radius 3 is 2.68 bits per heavy atom. The number of nitrogens with zero attached hydrogens (tertiary/aromatic N) is 1. The van der Waals surface area contributed by atoms with Crippen LogP contribution in [0.25, 0.3) is 10.8 Å². The van der Waals surface area contributed by atoms with E-state index in [-0.39, 0.29) is 5.91 Å². The molecule has 4 nitrogen and oxygen atoms in total. The molecule has 2 aromatic carbocycles. The lowest BCUT2D eigenvalue weighted by atomic mass is 10.0. The van der Waals surface area contributed by atoms with Gasteiger partial charge >= 0.3 is 0 Å². The van der Waals surface area contributed by atoms with E-state index in [9.17, 15) is 4.79 Å². The molecule has 1 N–H and O–H groups in total. The van der Waals surface area contributed by atoms with Crippen molar-refractivity contribution in [2.24, 2.45) is 0 Å². The number of carbonyl (C=O) groups is 1. The number of aromatic nitrogens is 1. The first-order valence-corrected chi connectivity index (χ1v) is 7.03. The molecular formula is C18H16N2O2. The van der Waals surface area contributed by atoms with Crippen LogP contribution in [0.1, 0.15) is 15.9 Å². The van der Waals surface area contributed by atoms with Crippen LogP contribution in [0.5, 0.6) is 5.88 Å². The average Bonchev–Trinajstić information content (AvgIpc) is 2.59. The number of fused-ring (bicyclic) bond motifs is 1. The Morgan fingerprint density at radius 1 is 1.09 bits per heavy atom. The maximum absolute atomic E-state index is 12.4. The van der Waals surface area contributed by atoms with Gasteiger partial charge in [-0.1, -0.05) is 42.5 Å². The second-order valence-electron chi connectivity index (χ2n) is 4.92. The molecule has 0 saturated heterocycles. The van der Waals surface area contributed by atoms with Crippen LogP contribution >= 0.6 is 0 Å². The number of ether oxygens (including phenoxy) is 1. The molecule has 4 heteroatoms. The Morgan fingerprint density at radius 2 is 1.91 bits per heavy atom. The van der Waals surface area contributed by atoms with E-state index in [4.69, 9.17) is 4.74 Å². The van der Waals surface area contributed by atoms with Gasteiger partial charge in [-0.2, -0.15) is 0 Å². The number of benzene rings is 2. The molecule has 0 aliphatic carbocycles. The van der Waals surface area contributed by atoms with Gasteiger partial charge in [0.05, 0.1) is 7.11 Å². The second-order valence-corrected chi connectivity index (χ2v) is 4.92. The fourth-order valence-electron chi connectivity index (χ4n) is 2.34. The SMILES string of the molecule is COc1ccc(CNC(=O)c2cccc3ccccc23)cn1. The minimum atomic E-state index is -0.0902. The van der Waals surface area contributed by atoms with Gasteiger partial charge in [0.2, 0.25) is 5.88 Å². The van der Waals surface area contributed by atoms with Gasteiger partial charge < -0.3 is 10.1 Å². The summed E-state index contributed by atoms with van der Waals surface area (Å²) in [6.45, 7) is 0.430. The fourth-order valence-corrected chi connectivity index (χ4v) is 2.34. The van der Waals surface area contributed by atoms with Crippen molar-refractivity contribution in [1.29, 1.82) is 0 Å². The molecule has 0 aliphatic rings. The summed E-state index contributed by atoms with van der Waals surface area (Å²) in [6, 6.07) is 17.3. The zero-order chi connectivity index (χ0) is 15.4. The molecule has 0 bridgehead atoms. The molecule has 3 aromatic rings. The van der Waals surface area contributed by atoms with Gasteiger partial charge in [-0.05, 0) is 22.4 Å². The zero-order valence-electron chi connectivity index (χ0n) is 12.2. The van der Waals surface area contributed by atoms with E-state index < -0.39 is 0 Å². The highest BCUT2D eigenvalue weighted by atomic mass is 16.5. The third-order valence-electron chi connectivity index (χ3n) is 3.49. The van der Waals surface area contributed by atoms with Crippen LogP contribution in [-0.2, 0) is 6.54 Å². The van der Waals surface area contributed by atoms with Crippen LogP contribution in [0, 0.1) is 0 Å². The van der Waals surface area contributed by atoms with Crippen LogP contribution in [0.2, 0.25) is 0 Å². The Balaban J connectivity index is 1.75. The Kier molecular flexibility index (Phi) is 4.01. The number of carbonyl (C=O) groups excluding carboxylic acids is 1. The smallest absolute Gasteiger partial charge is 0.252 e. The van der Waals surface area contributed by atoms with Gasteiger partial charge in [0.1, 0.15) is 0 Å². The van der Waals surface area contributed by atoms with Gasteiger partial charge in [-0.15, -0.1) is 0 Å². The van der Waals surface area contributed by atoms with Crippen molar-refractivity contribution < 1.29 is 9.53 Å². The number of rotatable bonds is 4. The summed E-state index contributed by atoms with van der Waals surface area (Å²) in [7, 11) is 1.57. The predicted octanol–water partition coefficient (Wildman–Crippen LogP) is 3.17. The van der Waals surface area contributed by atoms with Crippen molar-refractivity contribution in [3.63, 3.8) is 0 Å². The Hall–Kier alpha value is -2.88. The standard InChI is InChI=1S/C18H16N2O2/c1-22-17-10-9-13(11-19-17)12-20-18(21)16-8-4-6-14-5-2-3-7-15(14)16/h2-11H,12H2,1H3,(H,20,21). The molecule has 0 unspecified atom stereocenters. The minimum Gasteiger partial charge on any atom is -0.481 e. The van der Waals surface area contributed by atoms with Gasteiger partial charge in [-0.25, -0.2) is 4.98 Å². The van der Waals surface area contributed by atoms with Crippen molar-refractivity contribution in [2.75, 3.05) is 7.11 Å². The van der Waals surface area contributed by atoms with Gasteiger partial charge in [0, 0.05) is 24.4 Å². The van der Waals surface area contributed by atoms with Crippen LogP contribution in [-0.4, -0.2) is 18.0 Å². The van der Waals surface area contributed by atoms with E-state index in [1.54, 1.807) is 19.4 Å². The summed E-state index contributed by atoms with van der Waals surface area (Å²) in [4.78, 5) is 16.5. The normalized spacial score (nSPS) is 10.4. The highest BCUT2D eigenvalue weighted by Gasteiger charge is 2.09. The third kappa shape index (κ3) is 2.91. The molecule has 3 rings (SSSR count). The quantitative estimate of drug-likeness (QED) is 0.803. The first kappa shape index (κ1) is 14.1. The van der Waals surface area contributed by atoms with Crippen LogP contribution < -0.4 is 10.1 Å². The van der Waals surface area contributed by atoms with Gasteiger partial charge in [-0.3, -0.25) is 4.79 Å². The summed E-state index contributed by atoms with van der Waals surface area (Å²) in [5.74, 6) is 0.469. The van der Waals surface area contributed by atoms with Gasteiger partial charge in [0.25, 0.3) is 5.91 Å². The van der Waals surface area contributed by atoms with E-state index in [2.05, 4.69) is 10.3 Å². The van der Waals surface area contributed by atoms with Crippen LogP contribution in [0.4, 0.5) is 0 Å².